The van der Waals surface area contributed by atoms with Crippen LogP contribution in [0, 0.1) is 13.8 Å². The van der Waals surface area contributed by atoms with Gasteiger partial charge in [0.25, 0.3) is 0 Å². The van der Waals surface area contributed by atoms with Crippen LogP contribution in [-0.2, 0) is 0 Å². The van der Waals surface area contributed by atoms with Crippen molar-refractivity contribution in [2.75, 3.05) is 45.1 Å². The van der Waals surface area contributed by atoms with Gasteiger partial charge in [-0.15, -0.1) is 11.3 Å². The highest BCUT2D eigenvalue weighted by molar-refractivity contribution is 7.80. The van der Waals surface area contributed by atoms with Gasteiger partial charge in [0, 0.05) is 43.3 Å². The molecule has 140 valence electrons. The van der Waals surface area contributed by atoms with Crippen molar-refractivity contribution in [2.24, 2.45) is 0 Å². The molecule has 0 bridgehead atoms. The van der Waals surface area contributed by atoms with Gasteiger partial charge in [0.2, 0.25) is 0 Å². The first kappa shape index (κ1) is 19.3. The van der Waals surface area contributed by atoms with Gasteiger partial charge in [-0.1, -0.05) is 23.8 Å². The summed E-state index contributed by atoms with van der Waals surface area (Å²) in [4.78, 5) is 6.36. The van der Waals surface area contributed by atoms with Crippen molar-refractivity contribution >= 4 is 34.4 Å². The molecule has 6 heteroatoms. The zero-order valence-corrected chi connectivity index (χ0v) is 17.4. The van der Waals surface area contributed by atoms with E-state index in [1.54, 1.807) is 0 Å². The molecule has 1 fully saturated rings. The lowest BCUT2D eigenvalue weighted by Gasteiger charge is -2.37. The van der Waals surface area contributed by atoms with Crippen LogP contribution < -0.4 is 10.6 Å². The number of likely N-dealkylation sites (N-methyl/N-ethyl adjacent to an activating group) is 1. The number of thiophene rings is 1. The summed E-state index contributed by atoms with van der Waals surface area (Å²) in [6, 6.07) is 11.1. The highest BCUT2D eigenvalue weighted by atomic mass is 32.1. The molecule has 1 aromatic heterocycles. The van der Waals surface area contributed by atoms with Crippen LogP contribution in [0.3, 0.4) is 0 Å². The summed E-state index contributed by atoms with van der Waals surface area (Å²) in [6.07, 6.45) is 0. The van der Waals surface area contributed by atoms with E-state index in [2.05, 4.69) is 77.0 Å². The lowest BCUT2D eigenvalue weighted by molar-refractivity contribution is 0.114. The van der Waals surface area contributed by atoms with E-state index in [0.29, 0.717) is 11.2 Å². The van der Waals surface area contributed by atoms with Crippen LogP contribution in [0.1, 0.15) is 22.0 Å². The zero-order valence-electron chi connectivity index (χ0n) is 15.8. The minimum atomic E-state index is 0.363. The molecule has 2 N–H and O–H groups in total. The van der Waals surface area contributed by atoms with Crippen molar-refractivity contribution in [1.82, 2.24) is 15.1 Å². The van der Waals surface area contributed by atoms with Gasteiger partial charge in [0.1, 0.15) is 0 Å². The molecule has 1 aliphatic heterocycles. The fourth-order valence-corrected chi connectivity index (χ4v) is 4.39. The highest BCUT2D eigenvalue weighted by Crippen LogP contribution is 2.25. The molecular weight excluding hydrogens is 360 g/mol. The van der Waals surface area contributed by atoms with Gasteiger partial charge < -0.3 is 15.5 Å². The maximum absolute atomic E-state index is 5.55. The molecule has 1 saturated heterocycles. The first-order chi connectivity index (χ1) is 12.5. The number of nitrogens with one attached hydrogen (secondary N) is 2. The predicted octanol–water partition coefficient (Wildman–Crippen LogP) is 3.64. The third-order valence-corrected chi connectivity index (χ3v) is 6.16. The topological polar surface area (TPSA) is 30.5 Å². The van der Waals surface area contributed by atoms with E-state index in [0.717, 1.165) is 38.4 Å². The molecule has 0 amide bonds. The number of nitrogens with zero attached hydrogens (tertiary/aromatic N) is 2. The Morgan fingerprint density at radius 3 is 2.62 bits per heavy atom. The standard InChI is InChI=1S/C20H28N4S2/c1-15-6-7-17(16(2)13-15)22-20(25)21-14-18(19-5-4-12-26-19)24-10-8-23(3)9-11-24/h4-7,12-13,18H,8-11,14H2,1-3H3,(H2,21,22,25). The molecule has 0 saturated carbocycles. The van der Waals surface area contributed by atoms with E-state index in [1.807, 2.05) is 11.3 Å². The number of hydrogen-bond acceptors (Lipinski definition) is 4. The van der Waals surface area contributed by atoms with Crippen LogP contribution in [0.5, 0.6) is 0 Å². The molecule has 0 spiro atoms. The monoisotopic (exact) mass is 388 g/mol. The normalized spacial score (nSPS) is 17.0. The van der Waals surface area contributed by atoms with Gasteiger partial charge in [-0.3, -0.25) is 4.90 Å². The third-order valence-electron chi connectivity index (χ3n) is 4.94. The van der Waals surface area contributed by atoms with Crippen LogP contribution in [0.2, 0.25) is 0 Å². The second-order valence-electron chi connectivity index (χ2n) is 7.02. The second-order valence-corrected chi connectivity index (χ2v) is 8.41. The van der Waals surface area contributed by atoms with E-state index in [4.69, 9.17) is 12.2 Å². The Labute approximate surface area is 166 Å². The van der Waals surface area contributed by atoms with Crippen LogP contribution in [0.4, 0.5) is 5.69 Å². The summed E-state index contributed by atoms with van der Waals surface area (Å²) in [6.45, 7) is 9.46. The lowest BCUT2D eigenvalue weighted by atomic mass is 10.1. The lowest BCUT2D eigenvalue weighted by Crippen LogP contribution is -2.48. The van der Waals surface area contributed by atoms with Crippen molar-refractivity contribution in [2.45, 2.75) is 19.9 Å². The molecule has 0 radical (unpaired) electrons. The summed E-state index contributed by atoms with van der Waals surface area (Å²) >= 11 is 7.38. The number of thiocarbonyl (C=S) groups is 1. The molecular formula is C20H28N4S2. The summed E-state index contributed by atoms with van der Waals surface area (Å²) < 4.78 is 0. The summed E-state index contributed by atoms with van der Waals surface area (Å²) in [5.74, 6) is 0. The SMILES string of the molecule is Cc1ccc(NC(=S)NCC(c2cccs2)N2CCN(C)CC2)c(C)c1. The molecule has 4 nitrogen and oxygen atoms in total. The molecule has 1 aliphatic rings. The Balaban J connectivity index is 1.61. The van der Waals surface area contributed by atoms with E-state index < -0.39 is 0 Å². The molecule has 2 aromatic rings. The molecule has 1 unspecified atom stereocenters. The van der Waals surface area contributed by atoms with Crippen molar-refractivity contribution in [3.05, 3.63) is 51.7 Å². The maximum atomic E-state index is 5.55. The minimum Gasteiger partial charge on any atom is -0.360 e. The Kier molecular flexibility index (Phi) is 6.64. The average Bonchev–Trinajstić information content (AvgIpc) is 3.13. The Bertz CT molecular complexity index is 721. The molecule has 3 rings (SSSR count). The third kappa shape index (κ3) is 5.04. The predicted molar refractivity (Wildman–Crippen MR) is 116 cm³/mol. The number of benzene rings is 1. The van der Waals surface area contributed by atoms with Gasteiger partial charge in [-0.05, 0) is 56.2 Å². The smallest absolute Gasteiger partial charge is 0.170 e. The van der Waals surface area contributed by atoms with Crippen LogP contribution >= 0.6 is 23.6 Å². The Morgan fingerprint density at radius 1 is 1.19 bits per heavy atom. The second kappa shape index (κ2) is 8.95. The summed E-state index contributed by atoms with van der Waals surface area (Å²) in [5, 5.41) is 9.63. The Hall–Kier alpha value is -1.47. The molecule has 26 heavy (non-hydrogen) atoms. The number of aryl methyl sites for hydroxylation is 2. The number of rotatable bonds is 5. The minimum absolute atomic E-state index is 0.363. The largest absolute Gasteiger partial charge is 0.360 e. The fourth-order valence-electron chi connectivity index (χ4n) is 3.33. The molecule has 1 aromatic carbocycles. The molecule has 1 atom stereocenters. The first-order valence-electron chi connectivity index (χ1n) is 9.11. The van der Waals surface area contributed by atoms with Crippen LogP contribution in [0.15, 0.2) is 35.7 Å². The van der Waals surface area contributed by atoms with Gasteiger partial charge >= 0.3 is 0 Å². The first-order valence-corrected chi connectivity index (χ1v) is 10.4. The molecule has 0 aliphatic carbocycles. The zero-order chi connectivity index (χ0) is 18.5. The van der Waals surface area contributed by atoms with Crippen LogP contribution in [0.25, 0.3) is 0 Å². The number of anilines is 1. The van der Waals surface area contributed by atoms with Crippen molar-refractivity contribution in [1.29, 1.82) is 0 Å². The van der Waals surface area contributed by atoms with Crippen molar-refractivity contribution < 1.29 is 0 Å². The summed E-state index contributed by atoms with van der Waals surface area (Å²) in [7, 11) is 2.19. The van der Waals surface area contributed by atoms with Gasteiger partial charge in [0.15, 0.2) is 5.11 Å². The van der Waals surface area contributed by atoms with Crippen LogP contribution in [-0.4, -0.2) is 54.7 Å². The fraction of sp³-hybridized carbons (Fsp3) is 0.450. The highest BCUT2D eigenvalue weighted by Gasteiger charge is 2.24. The van der Waals surface area contributed by atoms with E-state index in [9.17, 15) is 0 Å². The van der Waals surface area contributed by atoms with Crippen molar-refractivity contribution in [3.8, 4) is 0 Å². The summed E-state index contributed by atoms with van der Waals surface area (Å²) in [5.41, 5.74) is 3.54. The average molecular weight is 389 g/mol. The maximum Gasteiger partial charge on any atom is 0.170 e. The van der Waals surface area contributed by atoms with E-state index in [1.165, 1.54) is 16.0 Å². The quantitative estimate of drug-likeness (QED) is 0.764. The number of piperazine rings is 1. The van der Waals surface area contributed by atoms with E-state index in [-0.39, 0.29) is 0 Å². The molecule has 2 heterocycles. The van der Waals surface area contributed by atoms with E-state index >= 15 is 0 Å². The number of hydrogen-bond donors (Lipinski definition) is 2. The van der Waals surface area contributed by atoms with Gasteiger partial charge in [-0.2, -0.15) is 0 Å². The van der Waals surface area contributed by atoms with Gasteiger partial charge in [-0.25, -0.2) is 0 Å². The van der Waals surface area contributed by atoms with Gasteiger partial charge in [0.05, 0.1) is 6.04 Å². The Morgan fingerprint density at radius 2 is 1.96 bits per heavy atom. The van der Waals surface area contributed by atoms with Crippen molar-refractivity contribution in [3.63, 3.8) is 0 Å².